The third-order valence-corrected chi connectivity index (χ3v) is 5.06. The van der Waals surface area contributed by atoms with Gasteiger partial charge in [-0.3, -0.25) is 4.68 Å². The zero-order valence-electron chi connectivity index (χ0n) is 13.2. The van der Waals surface area contributed by atoms with E-state index in [-0.39, 0.29) is 6.04 Å². The molecule has 5 heteroatoms. The minimum atomic E-state index is 0.248. The van der Waals surface area contributed by atoms with E-state index < -0.39 is 0 Å². The van der Waals surface area contributed by atoms with E-state index in [0.717, 1.165) is 30.1 Å². The minimum Gasteiger partial charge on any atom is -0.375 e. The van der Waals surface area contributed by atoms with Crippen molar-refractivity contribution >= 4 is 11.6 Å². The molecule has 3 rings (SSSR count). The van der Waals surface area contributed by atoms with Crippen LogP contribution in [0, 0.1) is 5.92 Å². The number of halogens is 1. The third kappa shape index (κ3) is 2.86. The van der Waals surface area contributed by atoms with E-state index in [2.05, 4.69) is 35.9 Å². The maximum absolute atomic E-state index is 6.48. The number of hydrogen-bond acceptors (Lipinski definition) is 3. The largest absolute Gasteiger partial charge is 0.375 e. The van der Waals surface area contributed by atoms with Gasteiger partial charge in [-0.25, -0.2) is 0 Å². The van der Waals surface area contributed by atoms with E-state index in [9.17, 15) is 0 Å². The molecule has 0 radical (unpaired) electrons. The maximum Gasteiger partial charge on any atom is 0.0834 e. The topological polar surface area (TPSA) is 39.1 Å². The summed E-state index contributed by atoms with van der Waals surface area (Å²) < 4.78 is 8.14. The van der Waals surface area contributed by atoms with Crippen molar-refractivity contribution in [2.75, 3.05) is 6.54 Å². The van der Waals surface area contributed by atoms with Gasteiger partial charge in [-0.1, -0.05) is 18.5 Å². The Morgan fingerprint density at radius 2 is 2.29 bits per heavy atom. The molecule has 2 bridgehead atoms. The molecule has 1 aromatic heterocycles. The average molecular weight is 312 g/mol. The van der Waals surface area contributed by atoms with E-state index in [1.807, 2.05) is 0 Å². The fourth-order valence-electron chi connectivity index (χ4n) is 3.83. The van der Waals surface area contributed by atoms with Crippen LogP contribution in [-0.2, 0) is 4.74 Å². The normalized spacial score (nSPS) is 29.5. The lowest BCUT2D eigenvalue weighted by Gasteiger charge is -2.31. The maximum atomic E-state index is 6.48. The number of ether oxygens (including phenoxy) is 1. The summed E-state index contributed by atoms with van der Waals surface area (Å²) in [5, 5.41) is 8.97. The summed E-state index contributed by atoms with van der Waals surface area (Å²) in [4.78, 5) is 0. The Morgan fingerprint density at radius 3 is 2.86 bits per heavy atom. The Balaban J connectivity index is 1.90. The fraction of sp³-hybridized carbons (Fsp3) is 0.812. The highest BCUT2D eigenvalue weighted by Gasteiger charge is 2.46. The first-order valence-electron chi connectivity index (χ1n) is 8.23. The summed E-state index contributed by atoms with van der Waals surface area (Å²) in [5.74, 6) is 0.516. The second-order valence-electron chi connectivity index (χ2n) is 6.62. The first-order chi connectivity index (χ1) is 10.1. The molecule has 2 aliphatic heterocycles. The molecule has 2 fully saturated rings. The highest BCUT2D eigenvalue weighted by Crippen LogP contribution is 2.46. The van der Waals surface area contributed by atoms with Crippen molar-refractivity contribution < 1.29 is 4.74 Å². The SMILES string of the molecule is CCCNC(c1c(Cl)cnn1C(C)C)C1CC2CCC1O2. The zero-order chi connectivity index (χ0) is 15.0. The van der Waals surface area contributed by atoms with Crippen LogP contribution < -0.4 is 5.32 Å². The van der Waals surface area contributed by atoms with Gasteiger partial charge in [-0.05, 0) is 46.1 Å². The van der Waals surface area contributed by atoms with Crippen LogP contribution in [-0.4, -0.2) is 28.5 Å². The van der Waals surface area contributed by atoms with E-state index in [4.69, 9.17) is 16.3 Å². The first kappa shape index (κ1) is 15.3. The molecule has 4 unspecified atom stereocenters. The molecule has 0 aliphatic carbocycles. The molecule has 2 aliphatic rings. The molecule has 0 saturated carbocycles. The fourth-order valence-corrected chi connectivity index (χ4v) is 4.08. The van der Waals surface area contributed by atoms with Crippen LogP contribution >= 0.6 is 11.6 Å². The number of hydrogen-bond donors (Lipinski definition) is 1. The highest BCUT2D eigenvalue weighted by molar-refractivity contribution is 6.31. The van der Waals surface area contributed by atoms with E-state index in [1.165, 1.54) is 12.8 Å². The van der Waals surface area contributed by atoms with E-state index in [0.29, 0.717) is 24.2 Å². The monoisotopic (exact) mass is 311 g/mol. The molecular weight excluding hydrogens is 286 g/mol. The predicted octanol–water partition coefficient (Wildman–Crippen LogP) is 3.73. The van der Waals surface area contributed by atoms with Crippen molar-refractivity contribution in [3.63, 3.8) is 0 Å². The lowest BCUT2D eigenvalue weighted by molar-refractivity contribution is 0.0848. The van der Waals surface area contributed by atoms with Crippen molar-refractivity contribution in [2.45, 2.75) is 70.7 Å². The van der Waals surface area contributed by atoms with Crippen molar-refractivity contribution in [3.05, 3.63) is 16.9 Å². The lowest BCUT2D eigenvalue weighted by atomic mass is 9.82. The first-order valence-corrected chi connectivity index (χ1v) is 8.61. The van der Waals surface area contributed by atoms with Crippen LogP contribution in [0.25, 0.3) is 0 Å². The average Bonchev–Trinajstić information content (AvgIpc) is 3.15. The predicted molar refractivity (Wildman–Crippen MR) is 84.7 cm³/mol. The Morgan fingerprint density at radius 1 is 1.48 bits per heavy atom. The van der Waals surface area contributed by atoms with Gasteiger partial charge in [0.05, 0.1) is 35.2 Å². The number of aromatic nitrogens is 2. The molecule has 1 N–H and O–H groups in total. The Labute approximate surface area is 132 Å². The molecule has 0 spiro atoms. The molecular formula is C16H26ClN3O. The molecule has 4 nitrogen and oxygen atoms in total. The quantitative estimate of drug-likeness (QED) is 0.870. The van der Waals surface area contributed by atoms with Gasteiger partial charge >= 0.3 is 0 Å². The second-order valence-corrected chi connectivity index (χ2v) is 7.03. The standard InChI is InChI=1S/C16H26ClN3O/c1-4-7-18-15(12-8-11-5-6-14(12)21-11)16-13(17)9-19-20(16)10(2)3/h9-12,14-15,18H,4-8H2,1-3H3. The summed E-state index contributed by atoms with van der Waals surface area (Å²) in [7, 11) is 0. The van der Waals surface area contributed by atoms with Gasteiger partial charge in [0.1, 0.15) is 0 Å². The van der Waals surface area contributed by atoms with Gasteiger partial charge in [-0.15, -0.1) is 0 Å². The number of nitrogens with one attached hydrogen (secondary N) is 1. The summed E-state index contributed by atoms with van der Waals surface area (Å²) in [6.45, 7) is 7.50. The molecule has 3 heterocycles. The van der Waals surface area contributed by atoms with Crippen LogP contribution in [0.5, 0.6) is 0 Å². The van der Waals surface area contributed by atoms with Gasteiger partial charge in [0, 0.05) is 12.0 Å². The van der Waals surface area contributed by atoms with E-state index in [1.54, 1.807) is 6.20 Å². The summed E-state index contributed by atoms with van der Waals surface area (Å²) >= 11 is 6.48. The van der Waals surface area contributed by atoms with Crippen molar-refractivity contribution in [1.82, 2.24) is 15.1 Å². The summed E-state index contributed by atoms with van der Waals surface area (Å²) in [6.07, 6.45) is 7.30. The summed E-state index contributed by atoms with van der Waals surface area (Å²) in [6, 6.07) is 0.565. The van der Waals surface area contributed by atoms with Crippen LogP contribution in [0.4, 0.5) is 0 Å². The van der Waals surface area contributed by atoms with Gasteiger partial charge in [0.2, 0.25) is 0 Å². The molecule has 1 aromatic rings. The molecule has 21 heavy (non-hydrogen) atoms. The third-order valence-electron chi connectivity index (χ3n) is 4.77. The van der Waals surface area contributed by atoms with Crippen LogP contribution in [0.15, 0.2) is 6.20 Å². The molecule has 0 amide bonds. The van der Waals surface area contributed by atoms with E-state index >= 15 is 0 Å². The molecule has 118 valence electrons. The van der Waals surface area contributed by atoms with Crippen molar-refractivity contribution in [3.8, 4) is 0 Å². The Kier molecular flexibility index (Phi) is 4.57. The smallest absolute Gasteiger partial charge is 0.0834 e. The van der Waals surface area contributed by atoms with Gasteiger partial charge < -0.3 is 10.1 Å². The lowest BCUT2D eigenvalue weighted by Crippen LogP contribution is -2.36. The molecule has 2 saturated heterocycles. The zero-order valence-corrected chi connectivity index (χ0v) is 13.9. The number of rotatable bonds is 6. The highest BCUT2D eigenvalue weighted by atomic mass is 35.5. The molecule has 0 aromatic carbocycles. The van der Waals surface area contributed by atoms with Gasteiger partial charge in [0.15, 0.2) is 0 Å². The Hall–Kier alpha value is -0.580. The van der Waals surface area contributed by atoms with Gasteiger partial charge in [-0.2, -0.15) is 5.10 Å². The summed E-state index contributed by atoms with van der Waals surface area (Å²) in [5.41, 5.74) is 1.14. The molecule has 4 atom stereocenters. The Bertz CT molecular complexity index is 488. The van der Waals surface area contributed by atoms with Crippen molar-refractivity contribution in [1.29, 1.82) is 0 Å². The number of fused-ring (bicyclic) bond motifs is 2. The van der Waals surface area contributed by atoms with Crippen LogP contribution in [0.2, 0.25) is 5.02 Å². The van der Waals surface area contributed by atoms with Gasteiger partial charge in [0.25, 0.3) is 0 Å². The van der Waals surface area contributed by atoms with Crippen molar-refractivity contribution in [2.24, 2.45) is 5.92 Å². The number of nitrogens with zero attached hydrogens (tertiary/aromatic N) is 2. The van der Waals surface area contributed by atoms with Crippen LogP contribution in [0.3, 0.4) is 0 Å². The second kappa shape index (κ2) is 6.27. The minimum absolute atomic E-state index is 0.248. The van der Waals surface area contributed by atoms with Crippen LogP contribution in [0.1, 0.15) is 64.2 Å².